The van der Waals surface area contributed by atoms with E-state index in [0.717, 1.165) is 0 Å². The van der Waals surface area contributed by atoms with E-state index < -0.39 is 5.91 Å². The summed E-state index contributed by atoms with van der Waals surface area (Å²) in [5, 5.41) is 8.41. The van der Waals surface area contributed by atoms with Gasteiger partial charge in [0.25, 0.3) is 5.91 Å². The van der Waals surface area contributed by atoms with Crippen LogP contribution in [0.2, 0.25) is 0 Å². The maximum Gasteiger partial charge on any atom is 0.274 e. The van der Waals surface area contributed by atoms with Crippen LogP contribution < -0.4 is 16.0 Å². The highest BCUT2D eigenvalue weighted by atomic mass is 19.1. The first-order valence-electron chi connectivity index (χ1n) is 8.92. The van der Waals surface area contributed by atoms with E-state index in [4.69, 9.17) is 0 Å². The summed E-state index contributed by atoms with van der Waals surface area (Å²) in [4.78, 5) is 32.2. The molecule has 7 nitrogen and oxygen atoms in total. The molecule has 2 aromatic carbocycles. The molecule has 1 heterocycles. The van der Waals surface area contributed by atoms with Crippen molar-refractivity contribution < 1.29 is 14.0 Å². The third-order valence-electron chi connectivity index (χ3n) is 3.93. The van der Waals surface area contributed by atoms with Crippen molar-refractivity contribution in [3.63, 3.8) is 0 Å². The van der Waals surface area contributed by atoms with Gasteiger partial charge in [-0.15, -0.1) is 0 Å². The van der Waals surface area contributed by atoms with Gasteiger partial charge < -0.3 is 16.0 Å². The van der Waals surface area contributed by atoms with Crippen molar-refractivity contribution in [3.05, 3.63) is 77.5 Å². The predicted octanol–water partition coefficient (Wildman–Crippen LogP) is 3.75. The van der Waals surface area contributed by atoms with Gasteiger partial charge in [-0.25, -0.2) is 14.4 Å². The molecule has 0 aliphatic rings. The molecular formula is C21H20FN5O2. The van der Waals surface area contributed by atoms with Gasteiger partial charge in [0.15, 0.2) is 0 Å². The Morgan fingerprint density at radius 3 is 2.41 bits per heavy atom. The summed E-state index contributed by atoms with van der Waals surface area (Å²) in [5.41, 5.74) is 1.74. The van der Waals surface area contributed by atoms with Crippen LogP contribution in [0.5, 0.6) is 0 Å². The van der Waals surface area contributed by atoms with Gasteiger partial charge in [-0.05, 0) is 31.2 Å². The van der Waals surface area contributed by atoms with Crippen LogP contribution >= 0.6 is 0 Å². The van der Waals surface area contributed by atoms with Crippen molar-refractivity contribution in [2.75, 3.05) is 16.0 Å². The lowest BCUT2D eigenvalue weighted by Crippen LogP contribution is -2.16. The van der Waals surface area contributed by atoms with Crippen LogP contribution in [0.25, 0.3) is 0 Å². The average Bonchev–Trinajstić information content (AvgIpc) is 2.66. The Morgan fingerprint density at radius 2 is 1.69 bits per heavy atom. The quantitative estimate of drug-likeness (QED) is 0.593. The summed E-state index contributed by atoms with van der Waals surface area (Å²) in [7, 11) is 0. The molecule has 0 saturated carbocycles. The summed E-state index contributed by atoms with van der Waals surface area (Å²) in [6.45, 7) is 3.30. The molecule has 0 spiro atoms. The molecule has 1 aromatic heterocycles. The van der Waals surface area contributed by atoms with Gasteiger partial charge >= 0.3 is 0 Å². The number of hydrogen-bond acceptors (Lipinski definition) is 5. The molecule has 0 atom stereocenters. The summed E-state index contributed by atoms with van der Waals surface area (Å²) >= 11 is 0. The lowest BCUT2D eigenvalue weighted by molar-refractivity contribution is -0.114. The van der Waals surface area contributed by atoms with Gasteiger partial charge in [0, 0.05) is 36.5 Å². The maximum atomic E-state index is 13.8. The van der Waals surface area contributed by atoms with E-state index in [0.29, 0.717) is 28.6 Å². The fourth-order valence-electron chi connectivity index (χ4n) is 2.68. The minimum Gasteiger partial charge on any atom is -0.366 e. The number of carbonyl (C=O) groups is 2. The molecular weight excluding hydrogens is 373 g/mol. The van der Waals surface area contributed by atoms with Crippen LogP contribution in [-0.2, 0) is 11.3 Å². The zero-order valence-corrected chi connectivity index (χ0v) is 16.0. The maximum absolute atomic E-state index is 13.8. The Labute approximate surface area is 167 Å². The van der Waals surface area contributed by atoms with Gasteiger partial charge in [0.2, 0.25) is 5.91 Å². The first-order valence-corrected chi connectivity index (χ1v) is 8.92. The van der Waals surface area contributed by atoms with Crippen molar-refractivity contribution >= 4 is 29.0 Å². The summed E-state index contributed by atoms with van der Waals surface area (Å²) < 4.78 is 13.8. The minimum absolute atomic E-state index is 0.165. The molecule has 8 heteroatoms. The Morgan fingerprint density at radius 1 is 0.966 bits per heavy atom. The fourth-order valence-corrected chi connectivity index (χ4v) is 2.68. The van der Waals surface area contributed by atoms with Crippen LogP contribution in [0.4, 0.5) is 21.6 Å². The first-order chi connectivity index (χ1) is 13.9. The largest absolute Gasteiger partial charge is 0.366 e. The number of aryl methyl sites for hydroxylation is 1. The number of aromatic nitrogens is 2. The van der Waals surface area contributed by atoms with E-state index in [1.807, 2.05) is 0 Å². The summed E-state index contributed by atoms with van der Waals surface area (Å²) in [6, 6.07) is 14.7. The highest BCUT2D eigenvalue weighted by molar-refractivity contribution is 6.03. The van der Waals surface area contributed by atoms with Gasteiger partial charge in [0.05, 0.1) is 0 Å². The Bertz CT molecular complexity index is 1050. The number of halogens is 1. The monoisotopic (exact) mass is 393 g/mol. The van der Waals surface area contributed by atoms with E-state index in [9.17, 15) is 14.0 Å². The molecule has 3 aromatic rings. The number of hydrogen-bond donors (Lipinski definition) is 3. The number of carbonyl (C=O) groups excluding carboxylic acids is 2. The molecule has 29 heavy (non-hydrogen) atoms. The molecule has 0 aliphatic carbocycles. The summed E-state index contributed by atoms with van der Waals surface area (Å²) in [6.07, 6.45) is 0. The Kier molecular flexibility index (Phi) is 6.13. The molecule has 0 saturated heterocycles. The van der Waals surface area contributed by atoms with Gasteiger partial charge in [-0.3, -0.25) is 9.59 Å². The van der Waals surface area contributed by atoms with E-state index in [1.165, 1.54) is 19.1 Å². The summed E-state index contributed by atoms with van der Waals surface area (Å²) in [5.74, 6) is -0.128. The van der Waals surface area contributed by atoms with Crippen molar-refractivity contribution in [3.8, 4) is 0 Å². The fraction of sp³-hybridized carbons (Fsp3) is 0.143. The molecule has 2 amide bonds. The standard InChI is InChI=1S/C21H20FN5O2/c1-13-24-19(11-20(25-13)23-12-15-6-3-4-9-18(15)22)21(29)27-17-8-5-7-16(10-17)26-14(2)28/h3-11H,12H2,1-2H3,(H,26,28)(H,27,29)(H,23,24,25). The van der Waals surface area contributed by atoms with Crippen LogP contribution in [0, 0.1) is 12.7 Å². The second-order valence-corrected chi connectivity index (χ2v) is 6.35. The molecule has 0 bridgehead atoms. The average molecular weight is 393 g/mol. The zero-order valence-electron chi connectivity index (χ0n) is 16.0. The highest BCUT2D eigenvalue weighted by Gasteiger charge is 2.12. The second-order valence-electron chi connectivity index (χ2n) is 6.35. The number of benzene rings is 2. The van der Waals surface area contributed by atoms with Crippen LogP contribution in [0.3, 0.4) is 0 Å². The molecule has 3 N–H and O–H groups in total. The topological polar surface area (TPSA) is 96.0 Å². The number of amides is 2. The smallest absolute Gasteiger partial charge is 0.274 e. The lowest BCUT2D eigenvalue weighted by atomic mass is 10.2. The molecule has 148 valence electrons. The van der Waals surface area contributed by atoms with E-state index >= 15 is 0 Å². The molecule has 0 radical (unpaired) electrons. The highest BCUT2D eigenvalue weighted by Crippen LogP contribution is 2.17. The van der Waals surface area contributed by atoms with E-state index in [-0.39, 0.29) is 24.0 Å². The van der Waals surface area contributed by atoms with Crippen LogP contribution in [0.1, 0.15) is 28.8 Å². The number of nitrogens with zero attached hydrogens (tertiary/aromatic N) is 2. The molecule has 0 fully saturated rings. The third kappa shape index (κ3) is 5.58. The minimum atomic E-state index is -0.426. The van der Waals surface area contributed by atoms with Crippen LogP contribution in [0.15, 0.2) is 54.6 Å². The normalized spacial score (nSPS) is 10.3. The van der Waals surface area contributed by atoms with E-state index in [1.54, 1.807) is 49.4 Å². The Hall–Kier alpha value is -3.81. The molecule has 3 rings (SSSR count). The van der Waals surface area contributed by atoms with Crippen molar-refractivity contribution in [1.29, 1.82) is 0 Å². The predicted molar refractivity (Wildman–Crippen MR) is 109 cm³/mol. The lowest BCUT2D eigenvalue weighted by Gasteiger charge is -2.10. The number of anilines is 3. The molecule has 0 aliphatic heterocycles. The SMILES string of the molecule is CC(=O)Nc1cccc(NC(=O)c2cc(NCc3ccccc3F)nc(C)n2)c1. The zero-order chi connectivity index (χ0) is 20.8. The van der Waals surface area contributed by atoms with Crippen LogP contribution in [-0.4, -0.2) is 21.8 Å². The van der Waals surface area contributed by atoms with Gasteiger partial charge in [-0.2, -0.15) is 0 Å². The third-order valence-corrected chi connectivity index (χ3v) is 3.93. The van der Waals surface area contributed by atoms with Gasteiger partial charge in [0.1, 0.15) is 23.2 Å². The van der Waals surface area contributed by atoms with Gasteiger partial charge in [-0.1, -0.05) is 24.3 Å². The number of nitrogens with one attached hydrogen (secondary N) is 3. The van der Waals surface area contributed by atoms with E-state index in [2.05, 4.69) is 25.9 Å². The number of rotatable bonds is 6. The molecule has 0 unspecified atom stereocenters. The Balaban J connectivity index is 1.72. The first kappa shape index (κ1) is 19.9. The van der Waals surface area contributed by atoms with Crippen molar-refractivity contribution in [2.45, 2.75) is 20.4 Å². The second kappa shape index (κ2) is 8.92. The van der Waals surface area contributed by atoms with Crippen molar-refractivity contribution in [2.24, 2.45) is 0 Å². The van der Waals surface area contributed by atoms with Crippen molar-refractivity contribution in [1.82, 2.24) is 9.97 Å².